The molecule has 5 aliphatic rings. The summed E-state index contributed by atoms with van der Waals surface area (Å²) in [6.07, 6.45) is 10.3. The lowest BCUT2D eigenvalue weighted by atomic mass is 9.34. The summed E-state index contributed by atoms with van der Waals surface area (Å²) in [7, 11) is 0. The van der Waals surface area contributed by atoms with Crippen LogP contribution in [-0.4, -0.2) is 27.3 Å². The molecule has 0 radical (unpaired) electrons. The molecule has 0 saturated heterocycles. The van der Waals surface area contributed by atoms with E-state index >= 15 is 0 Å². The topological polar surface area (TPSA) is 106 Å². The first-order valence-corrected chi connectivity index (χ1v) is 16.7. The van der Waals surface area contributed by atoms with Gasteiger partial charge in [-0.05, 0) is 99.9 Å². The molecule has 0 amide bonds. The Hall–Kier alpha value is -2.59. The van der Waals surface area contributed by atoms with E-state index < -0.39 is 10.8 Å². The number of fused-ring (bicyclic) bond motifs is 7. The minimum Gasteiger partial charge on any atom is -0.368 e. The molecule has 7 heteroatoms. The summed E-state index contributed by atoms with van der Waals surface area (Å²) < 4.78 is 12.1. The van der Waals surface area contributed by atoms with Gasteiger partial charge in [-0.2, -0.15) is 10.2 Å². The van der Waals surface area contributed by atoms with Crippen molar-refractivity contribution in [3.05, 3.63) is 35.0 Å². The molecule has 0 aromatic carbocycles. The van der Waals surface area contributed by atoms with Crippen LogP contribution >= 0.6 is 0 Å². The maximum absolute atomic E-state index is 14.8. The first kappa shape index (κ1) is 31.4. The van der Waals surface area contributed by atoms with E-state index in [-0.39, 0.29) is 62.2 Å². The predicted molar refractivity (Wildman–Crippen MR) is 167 cm³/mol. The fraction of sp³-hybridized carbons (Fsp3) is 0.757. The molecule has 5 aliphatic carbocycles. The summed E-state index contributed by atoms with van der Waals surface area (Å²) in [6.45, 7) is 21.9. The minimum absolute atomic E-state index is 0.0373. The van der Waals surface area contributed by atoms with Crippen molar-refractivity contribution < 1.29 is 18.8 Å². The lowest BCUT2D eigenvalue weighted by molar-refractivity contribution is -0.161. The number of ketones is 2. The fourth-order valence-electron chi connectivity index (χ4n) is 10.8. The van der Waals surface area contributed by atoms with Gasteiger partial charge in [-0.25, -0.2) is 0 Å². The number of ether oxygens (including phenoxy) is 1. The van der Waals surface area contributed by atoms with E-state index in [0.717, 1.165) is 50.5 Å². The number of Topliss-reactive ketones (excluding diaryl/α,β-unsaturated/α-hetero) is 1. The van der Waals surface area contributed by atoms with Gasteiger partial charge in [-0.1, -0.05) is 65.3 Å². The van der Waals surface area contributed by atoms with E-state index in [1.54, 1.807) is 0 Å². The number of nitrogens with zero attached hydrogens (tertiary/aromatic N) is 3. The lowest BCUT2D eigenvalue weighted by Gasteiger charge is -2.68. The van der Waals surface area contributed by atoms with Crippen LogP contribution in [-0.2, 0) is 26.3 Å². The van der Waals surface area contributed by atoms with Crippen LogP contribution < -0.4 is 0 Å². The molecule has 7 nitrogen and oxygen atoms in total. The summed E-state index contributed by atoms with van der Waals surface area (Å²) in [5.74, 6) is 1.28. The van der Waals surface area contributed by atoms with Crippen LogP contribution in [0.25, 0.3) is 0 Å². The van der Waals surface area contributed by atoms with Crippen LogP contribution in [0.5, 0.6) is 0 Å². The van der Waals surface area contributed by atoms with Crippen LogP contribution in [0.15, 0.2) is 27.8 Å². The Morgan fingerprint density at radius 3 is 2.36 bits per heavy atom. The summed E-state index contributed by atoms with van der Waals surface area (Å²) in [6, 6.07) is 2.21. The minimum atomic E-state index is -0.668. The van der Waals surface area contributed by atoms with E-state index in [1.807, 2.05) is 46.8 Å². The number of hydrogen-bond donors (Lipinski definition) is 0. The Bertz CT molecular complexity index is 1520. The fourth-order valence-corrected chi connectivity index (χ4v) is 10.8. The highest BCUT2D eigenvalue weighted by atomic mass is 16.5. The molecule has 3 saturated carbocycles. The van der Waals surface area contributed by atoms with E-state index in [9.17, 15) is 14.9 Å². The molecule has 44 heavy (non-hydrogen) atoms. The van der Waals surface area contributed by atoms with Gasteiger partial charge in [0.2, 0.25) is 5.89 Å². The van der Waals surface area contributed by atoms with Gasteiger partial charge in [0.25, 0.3) is 0 Å². The van der Waals surface area contributed by atoms with Crippen LogP contribution in [0.2, 0.25) is 0 Å². The van der Waals surface area contributed by atoms with Crippen LogP contribution in [0.3, 0.4) is 0 Å². The van der Waals surface area contributed by atoms with E-state index in [1.165, 1.54) is 0 Å². The first-order valence-electron chi connectivity index (χ1n) is 16.7. The molecule has 0 bridgehead atoms. The summed E-state index contributed by atoms with van der Waals surface area (Å²) in [4.78, 5) is 33.1. The predicted octanol–water partition coefficient (Wildman–Crippen LogP) is 7.86. The molecule has 0 aliphatic heterocycles. The maximum atomic E-state index is 14.8. The van der Waals surface area contributed by atoms with E-state index in [4.69, 9.17) is 14.2 Å². The van der Waals surface area contributed by atoms with Gasteiger partial charge >= 0.3 is 0 Å². The first-order chi connectivity index (χ1) is 20.2. The highest BCUT2D eigenvalue weighted by Gasteiger charge is 2.70. The van der Waals surface area contributed by atoms with Gasteiger partial charge in [-0.15, -0.1) is 0 Å². The van der Waals surface area contributed by atoms with Crippen LogP contribution in [0.4, 0.5) is 0 Å². The molecule has 0 spiro atoms. The standard InChI is InChI=1S/C37H51N3O4/c1-31(2,3)43-21-27-39-30(44-40-27)37-15-13-32(4,5)19-23(37)28-24(41)17-26-34(8)18-22(20-38)29(42)33(6,7)25(34)11-12-35(26,9)36(28,10)14-16-37/h17-18,23,25,28H,11-16,19,21H2,1-10H3/t23-,25-,28-,34-,35+,36+,37-/m0/s1. The van der Waals surface area contributed by atoms with E-state index in [2.05, 4.69) is 45.8 Å². The number of allylic oxidation sites excluding steroid dienone is 4. The average Bonchev–Trinajstić information content (AvgIpc) is 3.40. The van der Waals surface area contributed by atoms with Gasteiger partial charge in [0, 0.05) is 16.7 Å². The van der Waals surface area contributed by atoms with Crippen LogP contribution in [0.1, 0.15) is 126 Å². The van der Waals surface area contributed by atoms with Crippen molar-refractivity contribution >= 4 is 11.6 Å². The van der Waals surface area contributed by atoms with Crippen LogP contribution in [0, 0.1) is 56.2 Å². The molecule has 0 N–H and O–H groups in total. The molecular weight excluding hydrogens is 550 g/mol. The zero-order valence-corrected chi connectivity index (χ0v) is 28.5. The summed E-state index contributed by atoms with van der Waals surface area (Å²) in [5, 5.41) is 14.3. The molecular formula is C37H51N3O4. The van der Waals surface area contributed by atoms with Crippen molar-refractivity contribution in [2.75, 3.05) is 0 Å². The number of carbonyl (C=O) groups is 2. The Labute approximate surface area is 263 Å². The quantitative estimate of drug-likeness (QED) is 0.347. The SMILES string of the molecule is CC1(C)CC[C@]2(c3nc(COC(C)(C)C)no3)CC[C@]3(C)[C@H](C(=O)C=C4[C@@]5(C)C=C(C#N)C(=O)C(C)(C)[C@@H]5CC[C@]43C)[C@@H]2C1. The second kappa shape index (κ2) is 9.47. The molecule has 6 rings (SSSR count). The number of hydrogen-bond acceptors (Lipinski definition) is 7. The smallest absolute Gasteiger partial charge is 0.233 e. The zero-order chi connectivity index (χ0) is 32.3. The van der Waals surface area contributed by atoms with Crippen molar-refractivity contribution in [3.63, 3.8) is 0 Å². The van der Waals surface area contributed by atoms with Crippen molar-refractivity contribution in [1.29, 1.82) is 5.26 Å². The van der Waals surface area contributed by atoms with Gasteiger partial charge in [0.15, 0.2) is 17.4 Å². The Morgan fingerprint density at radius 2 is 1.70 bits per heavy atom. The third-order valence-corrected chi connectivity index (χ3v) is 13.4. The summed E-state index contributed by atoms with van der Waals surface area (Å²) >= 11 is 0. The third-order valence-electron chi connectivity index (χ3n) is 13.4. The molecule has 0 unspecified atom stereocenters. The summed E-state index contributed by atoms with van der Waals surface area (Å²) in [5.41, 5.74) is -0.940. The van der Waals surface area contributed by atoms with Gasteiger partial charge in [0.05, 0.1) is 16.6 Å². The highest BCUT2D eigenvalue weighted by Crippen LogP contribution is 2.74. The Kier molecular flexibility index (Phi) is 6.76. The van der Waals surface area contributed by atoms with Gasteiger partial charge in [0.1, 0.15) is 12.7 Å². The number of carbonyl (C=O) groups excluding carboxylic acids is 2. The highest BCUT2D eigenvalue weighted by molar-refractivity contribution is 6.04. The monoisotopic (exact) mass is 601 g/mol. The maximum Gasteiger partial charge on any atom is 0.233 e. The number of nitriles is 1. The molecule has 238 valence electrons. The Morgan fingerprint density at radius 1 is 1.02 bits per heavy atom. The number of aromatic nitrogens is 2. The van der Waals surface area contributed by atoms with Crippen molar-refractivity contribution in [2.45, 2.75) is 132 Å². The lowest BCUT2D eigenvalue weighted by Crippen LogP contribution is -2.65. The van der Waals surface area contributed by atoms with Crippen molar-refractivity contribution in [2.24, 2.45) is 44.8 Å². The largest absolute Gasteiger partial charge is 0.368 e. The molecule has 3 fully saturated rings. The van der Waals surface area contributed by atoms with Gasteiger partial charge in [-0.3, -0.25) is 9.59 Å². The van der Waals surface area contributed by atoms with E-state index in [0.29, 0.717) is 18.3 Å². The Balaban J connectivity index is 1.46. The molecule has 1 aromatic rings. The van der Waals surface area contributed by atoms with Crippen molar-refractivity contribution in [3.8, 4) is 6.07 Å². The molecule has 7 atom stereocenters. The second-order valence-corrected chi connectivity index (χ2v) is 17.8. The second-order valence-electron chi connectivity index (χ2n) is 17.8. The molecule has 1 heterocycles. The zero-order valence-electron chi connectivity index (χ0n) is 28.5. The number of rotatable bonds is 3. The average molecular weight is 602 g/mol. The van der Waals surface area contributed by atoms with Gasteiger partial charge < -0.3 is 9.26 Å². The molecule has 1 aromatic heterocycles. The third kappa shape index (κ3) is 4.22. The normalized spacial score (nSPS) is 40.9. The van der Waals surface area contributed by atoms with Crippen molar-refractivity contribution in [1.82, 2.24) is 10.1 Å².